The summed E-state index contributed by atoms with van der Waals surface area (Å²) in [6.45, 7) is 3.85. The first-order valence-electron chi connectivity index (χ1n) is 16.1. The summed E-state index contributed by atoms with van der Waals surface area (Å²) in [5, 5.41) is 23.2. The zero-order valence-corrected chi connectivity index (χ0v) is 27.1. The molecule has 1 heterocycles. The summed E-state index contributed by atoms with van der Waals surface area (Å²) < 4.78 is 0. The fourth-order valence-corrected chi connectivity index (χ4v) is 5.35. The fourth-order valence-electron chi connectivity index (χ4n) is 5.35. The fraction of sp³-hybridized carbons (Fsp3) is 0.343. The Morgan fingerprint density at radius 1 is 0.854 bits per heavy atom. The van der Waals surface area contributed by atoms with Gasteiger partial charge in [-0.25, -0.2) is 4.79 Å². The van der Waals surface area contributed by atoms with Gasteiger partial charge >= 0.3 is 6.03 Å². The van der Waals surface area contributed by atoms with Gasteiger partial charge in [-0.3, -0.25) is 29.6 Å². The standard InChI is InChI=1S/C35H44N8O5/c1-2-30(45)37-19-20-39-35(48)42-34(36)38-18-8-13-29(32(46)40-21-24-14-16-28(44)17-15-24)41-33(47)31(25-9-4-3-5-10-25)43-22-26-11-6-7-12-27(26)23-43/h3-7,9-12,14-17,29,31,44H,2,8,13,18-23H2,1H3,(H,37,45)(H,40,46)(H,41,47)(H4,36,38,39,42,48)/t29-,31?/m1/s1. The summed E-state index contributed by atoms with van der Waals surface area (Å²) in [4.78, 5) is 57.2. The second-order valence-corrected chi connectivity index (χ2v) is 11.4. The number of amides is 5. The van der Waals surface area contributed by atoms with E-state index in [1.165, 1.54) is 0 Å². The smallest absolute Gasteiger partial charge is 0.321 e. The van der Waals surface area contributed by atoms with Crippen LogP contribution in [0.3, 0.4) is 0 Å². The van der Waals surface area contributed by atoms with Crippen LogP contribution >= 0.6 is 0 Å². The molecule has 3 aromatic carbocycles. The van der Waals surface area contributed by atoms with Crippen molar-refractivity contribution in [2.24, 2.45) is 10.7 Å². The summed E-state index contributed by atoms with van der Waals surface area (Å²) in [7, 11) is 0. The second-order valence-electron chi connectivity index (χ2n) is 11.4. The Morgan fingerprint density at radius 3 is 2.17 bits per heavy atom. The van der Waals surface area contributed by atoms with E-state index >= 15 is 0 Å². The number of phenols is 1. The van der Waals surface area contributed by atoms with E-state index in [2.05, 4.69) is 48.6 Å². The van der Waals surface area contributed by atoms with E-state index < -0.39 is 18.1 Å². The van der Waals surface area contributed by atoms with Crippen LogP contribution in [-0.4, -0.2) is 65.4 Å². The predicted octanol–water partition coefficient (Wildman–Crippen LogP) is 2.17. The van der Waals surface area contributed by atoms with Crippen LogP contribution in [0.2, 0.25) is 0 Å². The van der Waals surface area contributed by atoms with Crippen LogP contribution < -0.4 is 32.3 Å². The van der Waals surface area contributed by atoms with Gasteiger partial charge in [0.1, 0.15) is 17.8 Å². The Kier molecular flexibility index (Phi) is 13.3. The average Bonchev–Trinajstić information content (AvgIpc) is 3.51. The van der Waals surface area contributed by atoms with Crippen LogP contribution in [0.15, 0.2) is 83.9 Å². The second kappa shape index (κ2) is 18.0. The molecule has 0 saturated carbocycles. The van der Waals surface area contributed by atoms with E-state index in [0.717, 1.165) is 22.3 Å². The molecule has 0 spiro atoms. The van der Waals surface area contributed by atoms with Crippen molar-refractivity contribution in [3.8, 4) is 5.75 Å². The number of carbonyl (C=O) groups excluding carboxylic acids is 4. The van der Waals surface area contributed by atoms with Crippen LogP contribution in [0, 0.1) is 0 Å². The van der Waals surface area contributed by atoms with Crippen molar-refractivity contribution in [3.63, 3.8) is 0 Å². The van der Waals surface area contributed by atoms with Gasteiger partial charge in [0, 0.05) is 45.7 Å². The molecule has 0 saturated heterocycles. The number of nitrogens with zero attached hydrogens (tertiary/aromatic N) is 2. The van der Waals surface area contributed by atoms with Gasteiger partial charge in [-0.15, -0.1) is 0 Å². The number of fused-ring (bicyclic) bond motifs is 1. The molecule has 254 valence electrons. The number of aliphatic imine (C=N–C) groups is 1. The van der Waals surface area contributed by atoms with Crippen molar-refractivity contribution in [1.82, 2.24) is 31.5 Å². The number of phenolic OH excluding ortho intramolecular Hbond substituents is 1. The minimum atomic E-state index is -0.878. The van der Waals surface area contributed by atoms with E-state index in [0.29, 0.717) is 25.9 Å². The first kappa shape index (κ1) is 35.4. The van der Waals surface area contributed by atoms with E-state index in [4.69, 9.17) is 5.73 Å². The van der Waals surface area contributed by atoms with Crippen molar-refractivity contribution >= 4 is 29.7 Å². The van der Waals surface area contributed by atoms with E-state index in [1.807, 2.05) is 42.5 Å². The summed E-state index contributed by atoms with van der Waals surface area (Å²) >= 11 is 0. The minimum Gasteiger partial charge on any atom is -0.508 e. The lowest BCUT2D eigenvalue weighted by molar-refractivity contribution is -0.132. The maximum atomic E-state index is 14.0. The minimum absolute atomic E-state index is 0.0970. The predicted molar refractivity (Wildman–Crippen MR) is 182 cm³/mol. The van der Waals surface area contributed by atoms with Gasteiger partial charge in [-0.2, -0.15) is 0 Å². The number of carbonyl (C=O) groups is 4. The average molecular weight is 657 g/mol. The zero-order chi connectivity index (χ0) is 34.3. The molecule has 13 nitrogen and oxygen atoms in total. The molecular formula is C35H44N8O5. The number of hydrogen-bond donors (Lipinski definition) is 7. The lowest BCUT2D eigenvalue weighted by Gasteiger charge is -2.29. The Balaban J connectivity index is 1.39. The summed E-state index contributed by atoms with van der Waals surface area (Å²) in [5.41, 5.74) is 9.81. The van der Waals surface area contributed by atoms with E-state index in [1.54, 1.807) is 31.2 Å². The summed E-state index contributed by atoms with van der Waals surface area (Å²) in [6, 6.07) is 22.0. The van der Waals surface area contributed by atoms with Gasteiger partial charge in [-0.05, 0) is 47.2 Å². The number of nitrogens with two attached hydrogens (primary N) is 1. The molecule has 4 rings (SSSR count). The number of rotatable bonds is 15. The SMILES string of the molecule is CCC(=O)NCCNC(=O)NC(N)=NCCC[C@@H](NC(=O)C(c1ccccc1)N1Cc2ccccc2C1)C(=O)NCc1ccc(O)cc1. The lowest BCUT2D eigenvalue weighted by atomic mass is 10.0. The Labute approximate surface area is 280 Å². The van der Waals surface area contributed by atoms with Crippen LogP contribution in [0.25, 0.3) is 0 Å². The molecule has 1 aliphatic rings. The first-order valence-corrected chi connectivity index (χ1v) is 16.1. The number of benzene rings is 3. The van der Waals surface area contributed by atoms with E-state index in [-0.39, 0.29) is 62.0 Å². The first-order chi connectivity index (χ1) is 23.2. The highest BCUT2D eigenvalue weighted by molar-refractivity contribution is 5.95. The maximum absolute atomic E-state index is 14.0. The Bertz CT molecular complexity index is 1540. The number of urea groups is 1. The zero-order valence-electron chi connectivity index (χ0n) is 27.1. The topological polar surface area (TPSA) is 190 Å². The van der Waals surface area contributed by atoms with Crippen molar-refractivity contribution < 1.29 is 24.3 Å². The quantitative estimate of drug-likeness (QED) is 0.0741. The molecule has 1 aliphatic heterocycles. The van der Waals surface area contributed by atoms with Gasteiger partial charge in [0.2, 0.25) is 17.7 Å². The number of guanidine groups is 1. The van der Waals surface area contributed by atoms with Gasteiger partial charge in [-0.1, -0.05) is 73.7 Å². The summed E-state index contributed by atoms with van der Waals surface area (Å²) in [5.74, 6) is -0.745. The lowest BCUT2D eigenvalue weighted by Crippen LogP contribution is -2.50. The summed E-state index contributed by atoms with van der Waals surface area (Å²) in [6.07, 6.45) is 1.00. The molecule has 5 amide bonds. The van der Waals surface area contributed by atoms with Gasteiger partial charge in [0.25, 0.3) is 0 Å². The van der Waals surface area contributed by atoms with Gasteiger partial charge in [0.05, 0.1) is 0 Å². The molecule has 1 unspecified atom stereocenters. The Hall–Kier alpha value is -5.43. The third-order valence-electron chi connectivity index (χ3n) is 7.86. The van der Waals surface area contributed by atoms with Gasteiger partial charge < -0.3 is 32.1 Å². The third kappa shape index (κ3) is 10.8. The van der Waals surface area contributed by atoms with Crippen molar-refractivity contribution in [3.05, 3.63) is 101 Å². The number of nitrogens with one attached hydrogen (secondary N) is 5. The van der Waals surface area contributed by atoms with Crippen LogP contribution in [0.4, 0.5) is 4.79 Å². The van der Waals surface area contributed by atoms with Crippen LogP contribution in [0.1, 0.15) is 54.5 Å². The van der Waals surface area contributed by atoms with Crippen molar-refractivity contribution in [2.45, 2.75) is 57.9 Å². The molecule has 48 heavy (non-hydrogen) atoms. The highest BCUT2D eigenvalue weighted by Crippen LogP contribution is 2.31. The molecule has 2 atom stereocenters. The maximum Gasteiger partial charge on any atom is 0.321 e. The molecule has 0 fully saturated rings. The molecule has 8 N–H and O–H groups in total. The normalized spacial score (nSPS) is 13.9. The molecule has 13 heteroatoms. The van der Waals surface area contributed by atoms with Crippen LogP contribution in [0.5, 0.6) is 5.75 Å². The molecular weight excluding hydrogens is 612 g/mol. The largest absolute Gasteiger partial charge is 0.508 e. The van der Waals surface area contributed by atoms with Crippen molar-refractivity contribution in [2.75, 3.05) is 19.6 Å². The monoisotopic (exact) mass is 656 g/mol. The highest BCUT2D eigenvalue weighted by Gasteiger charge is 2.34. The molecule has 0 aromatic heterocycles. The van der Waals surface area contributed by atoms with Crippen LogP contribution in [-0.2, 0) is 34.0 Å². The molecule has 0 radical (unpaired) electrons. The van der Waals surface area contributed by atoms with Gasteiger partial charge in [0.15, 0.2) is 5.96 Å². The molecule has 3 aromatic rings. The third-order valence-corrected chi connectivity index (χ3v) is 7.86. The Morgan fingerprint density at radius 2 is 1.50 bits per heavy atom. The molecule has 0 bridgehead atoms. The number of aromatic hydroxyl groups is 1. The highest BCUT2D eigenvalue weighted by atomic mass is 16.3. The van der Waals surface area contributed by atoms with Crippen molar-refractivity contribution in [1.29, 1.82) is 0 Å². The van der Waals surface area contributed by atoms with E-state index in [9.17, 15) is 24.3 Å². The molecule has 0 aliphatic carbocycles. The number of hydrogen-bond acceptors (Lipinski definition) is 7.